The van der Waals surface area contributed by atoms with Gasteiger partial charge in [0.1, 0.15) is 5.82 Å². The van der Waals surface area contributed by atoms with Crippen LogP contribution in [0.4, 0.5) is 10.1 Å². The number of nitrogens with two attached hydrogens (primary N) is 1. The molecule has 20 heavy (non-hydrogen) atoms. The normalized spacial score (nSPS) is 11.3. The lowest BCUT2D eigenvalue weighted by Crippen LogP contribution is -2.15. The van der Waals surface area contributed by atoms with E-state index < -0.39 is 15.8 Å². The standard InChI is InChI=1S/C13H14FN3O2S/c1-9-2-4-11(6-12(9)14)17-20(18,19)13-5-3-10(7-15)8-16-13/h2-6,8,17H,7,15H2,1H3. The van der Waals surface area contributed by atoms with Crippen molar-refractivity contribution in [1.82, 2.24) is 4.98 Å². The molecule has 0 aliphatic carbocycles. The van der Waals surface area contributed by atoms with E-state index in [1.165, 1.54) is 24.4 Å². The molecule has 1 aromatic carbocycles. The van der Waals surface area contributed by atoms with Crippen LogP contribution in [0.3, 0.4) is 0 Å². The first-order valence-electron chi connectivity index (χ1n) is 5.86. The number of sulfonamides is 1. The lowest BCUT2D eigenvalue weighted by atomic mass is 10.2. The van der Waals surface area contributed by atoms with Gasteiger partial charge in [-0.3, -0.25) is 4.72 Å². The third-order valence-corrected chi connectivity index (χ3v) is 4.03. The Morgan fingerprint density at radius 3 is 2.60 bits per heavy atom. The highest BCUT2D eigenvalue weighted by Crippen LogP contribution is 2.17. The van der Waals surface area contributed by atoms with E-state index in [2.05, 4.69) is 9.71 Å². The molecule has 5 nitrogen and oxygen atoms in total. The van der Waals surface area contributed by atoms with Crippen LogP contribution in [0, 0.1) is 12.7 Å². The minimum absolute atomic E-state index is 0.143. The fourth-order valence-corrected chi connectivity index (χ4v) is 2.53. The average Bonchev–Trinajstić information content (AvgIpc) is 2.43. The number of nitrogens with zero attached hydrogens (tertiary/aromatic N) is 1. The fraction of sp³-hybridized carbons (Fsp3) is 0.154. The Bertz CT molecular complexity index is 715. The molecule has 0 aliphatic rings. The van der Waals surface area contributed by atoms with Crippen molar-refractivity contribution >= 4 is 15.7 Å². The van der Waals surface area contributed by atoms with Crippen molar-refractivity contribution in [2.75, 3.05) is 4.72 Å². The molecule has 0 saturated heterocycles. The van der Waals surface area contributed by atoms with Crippen LogP contribution in [-0.4, -0.2) is 13.4 Å². The van der Waals surface area contributed by atoms with Gasteiger partial charge < -0.3 is 5.73 Å². The van der Waals surface area contributed by atoms with E-state index in [0.29, 0.717) is 5.56 Å². The van der Waals surface area contributed by atoms with Gasteiger partial charge in [-0.2, -0.15) is 8.42 Å². The van der Waals surface area contributed by atoms with E-state index in [0.717, 1.165) is 11.6 Å². The number of aromatic nitrogens is 1. The minimum atomic E-state index is -3.84. The number of hydrogen-bond donors (Lipinski definition) is 2. The van der Waals surface area contributed by atoms with Gasteiger partial charge in [-0.25, -0.2) is 9.37 Å². The molecule has 0 fully saturated rings. The number of anilines is 1. The molecule has 1 aromatic heterocycles. The molecule has 7 heteroatoms. The van der Waals surface area contributed by atoms with Gasteiger partial charge in [0.25, 0.3) is 10.0 Å². The zero-order valence-electron chi connectivity index (χ0n) is 10.8. The van der Waals surface area contributed by atoms with Crippen molar-refractivity contribution in [2.24, 2.45) is 5.73 Å². The molecule has 0 unspecified atom stereocenters. The second-order valence-electron chi connectivity index (χ2n) is 4.28. The summed E-state index contributed by atoms with van der Waals surface area (Å²) in [6.07, 6.45) is 1.39. The highest BCUT2D eigenvalue weighted by atomic mass is 32.2. The van der Waals surface area contributed by atoms with Crippen LogP contribution in [0.25, 0.3) is 0 Å². The summed E-state index contributed by atoms with van der Waals surface area (Å²) >= 11 is 0. The maximum atomic E-state index is 13.4. The van der Waals surface area contributed by atoms with Crippen LogP contribution in [-0.2, 0) is 16.6 Å². The Morgan fingerprint density at radius 1 is 1.30 bits per heavy atom. The summed E-state index contributed by atoms with van der Waals surface area (Å²) in [7, 11) is -3.84. The zero-order chi connectivity index (χ0) is 14.8. The molecule has 0 radical (unpaired) electrons. The van der Waals surface area contributed by atoms with Crippen molar-refractivity contribution in [1.29, 1.82) is 0 Å². The largest absolute Gasteiger partial charge is 0.326 e. The molecule has 2 rings (SSSR count). The van der Waals surface area contributed by atoms with Gasteiger partial charge in [-0.1, -0.05) is 12.1 Å². The van der Waals surface area contributed by atoms with Crippen LogP contribution in [0.2, 0.25) is 0 Å². The average molecular weight is 295 g/mol. The molecule has 0 atom stereocenters. The zero-order valence-corrected chi connectivity index (χ0v) is 11.6. The number of rotatable bonds is 4. The summed E-state index contributed by atoms with van der Waals surface area (Å²) in [6.45, 7) is 1.88. The summed E-state index contributed by atoms with van der Waals surface area (Å²) < 4.78 is 39.8. The smallest absolute Gasteiger partial charge is 0.279 e. The van der Waals surface area contributed by atoms with Crippen molar-refractivity contribution < 1.29 is 12.8 Å². The summed E-state index contributed by atoms with van der Waals surface area (Å²) in [4.78, 5) is 3.83. The molecule has 0 saturated carbocycles. The first kappa shape index (κ1) is 14.4. The second kappa shape index (κ2) is 5.56. The number of pyridine rings is 1. The molecule has 2 aromatic rings. The van der Waals surface area contributed by atoms with Crippen LogP contribution in [0.1, 0.15) is 11.1 Å². The molecular weight excluding hydrogens is 281 g/mol. The molecule has 0 amide bonds. The van der Waals surface area contributed by atoms with Crippen LogP contribution < -0.4 is 10.5 Å². The quantitative estimate of drug-likeness (QED) is 0.900. The summed E-state index contributed by atoms with van der Waals surface area (Å²) in [6, 6.07) is 7.05. The molecular formula is C13H14FN3O2S. The van der Waals surface area contributed by atoms with Gasteiger partial charge in [-0.15, -0.1) is 0 Å². The van der Waals surface area contributed by atoms with Gasteiger partial charge >= 0.3 is 0 Å². The third-order valence-electron chi connectivity index (χ3n) is 2.73. The lowest BCUT2D eigenvalue weighted by Gasteiger charge is -2.08. The molecule has 106 valence electrons. The van der Waals surface area contributed by atoms with Crippen molar-refractivity contribution in [3.8, 4) is 0 Å². The SMILES string of the molecule is Cc1ccc(NS(=O)(=O)c2ccc(CN)cn2)cc1F. The van der Waals surface area contributed by atoms with Crippen LogP contribution in [0.15, 0.2) is 41.6 Å². The van der Waals surface area contributed by atoms with Gasteiger partial charge in [0.15, 0.2) is 5.03 Å². The first-order chi connectivity index (χ1) is 9.42. The number of hydrogen-bond acceptors (Lipinski definition) is 4. The van der Waals surface area contributed by atoms with Crippen molar-refractivity contribution in [3.63, 3.8) is 0 Å². The predicted molar refractivity (Wildman–Crippen MR) is 74.1 cm³/mol. The number of aryl methyl sites for hydroxylation is 1. The van der Waals surface area contributed by atoms with Crippen molar-refractivity contribution in [2.45, 2.75) is 18.5 Å². The maximum absolute atomic E-state index is 13.4. The number of benzene rings is 1. The second-order valence-corrected chi connectivity index (χ2v) is 5.91. The topological polar surface area (TPSA) is 85.1 Å². The predicted octanol–water partition coefficient (Wildman–Crippen LogP) is 1.79. The van der Waals surface area contributed by atoms with E-state index in [1.54, 1.807) is 13.0 Å². The van der Waals surface area contributed by atoms with Gasteiger partial charge in [0.05, 0.1) is 5.69 Å². The van der Waals surface area contributed by atoms with Gasteiger partial charge in [0, 0.05) is 12.7 Å². The van der Waals surface area contributed by atoms with Crippen LogP contribution >= 0.6 is 0 Å². The Morgan fingerprint density at radius 2 is 2.05 bits per heavy atom. The number of halogens is 1. The fourth-order valence-electron chi connectivity index (χ4n) is 1.55. The minimum Gasteiger partial charge on any atom is -0.326 e. The molecule has 1 heterocycles. The Kier molecular flexibility index (Phi) is 4.01. The van der Waals surface area contributed by atoms with E-state index in [-0.39, 0.29) is 17.3 Å². The first-order valence-corrected chi connectivity index (χ1v) is 7.34. The van der Waals surface area contributed by atoms with E-state index in [1.807, 2.05) is 0 Å². The molecule has 3 N–H and O–H groups in total. The van der Waals surface area contributed by atoms with Gasteiger partial charge in [-0.05, 0) is 36.2 Å². The third kappa shape index (κ3) is 3.12. The molecule has 0 aliphatic heterocycles. The van der Waals surface area contributed by atoms with Crippen molar-refractivity contribution in [3.05, 3.63) is 53.5 Å². The number of nitrogens with one attached hydrogen (secondary N) is 1. The Labute approximate surface area is 116 Å². The monoisotopic (exact) mass is 295 g/mol. The lowest BCUT2D eigenvalue weighted by molar-refractivity contribution is 0.597. The Hall–Kier alpha value is -1.99. The van der Waals surface area contributed by atoms with E-state index in [4.69, 9.17) is 5.73 Å². The maximum Gasteiger partial charge on any atom is 0.279 e. The molecule has 0 bridgehead atoms. The van der Waals surface area contributed by atoms with E-state index in [9.17, 15) is 12.8 Å². The van der Waals surface area contributed by atoms with Gasteiger partial charge in [0.2, 0.25) is 0 Å². The Balaban J connectivity index is 2.27. The summed E-state index contributed by atoms with van der Waals surface area (Å²) in [5.41, 5.74) is 6.74. The highest BCUT2D eigenvalue weighted by molar-refractivity contribution is 7.92. The summed E-state index contributed by atoms with van der Waals surface area (Å²) in [5.74, 6) is -0.475. The molecule has 0 spiro atoms. The van der Waals surface area contributed by atoms with Crippen LogP contribution in [0.5, 0.6) is 0 Å². The summed E-state index contributed by atoms with van der Waals surface area (Å²) in [5, 5.41) is -0.143. The van der Waals surface area contributed by atoms with E-state index >= 15 is 0 Å². The highest BCUT2D eigenvalue weighted by Gasteiger charge is 2.16.